The normalized spacial score (nSPS) is 27.6. The zero-order valence-electron chi connectivity index (χ0n) is 13.0. The predicted octanol–water partition coefficient (Wildman–Crippen LogP) is 2.34. The first kappa shape index (κ1) is 14.8. The van der Waals surface area contributed by atoms with E-state index in [0.29, 0.717) is 6.04 Å². The van der Waals surface area contributed by atoms with Crippen LogP contribution in [0, 0.1) is 0 Å². The maximum atomic E-state index is 6.44. The molecule has 2 aliphatic heterocycles. The minimum atomic E-state index is -0.0951. The van der Waals surface area contributed by atoms with Gasteiger partial charge in [-0.05, 0) is 50.9 Å². The molecule has 2 fully saturated rings. The van der Waals surface area contributed by atoms with Crippen LogP contribution in [0.5, 0.6) is 5.75 Å². The zero-order valence-corrected chi connectivity index (χ0v) is 13.0. The Hall–Kier alpha value is -1.10. The summed E-state index contributed by atoms with van der Waals surface area (Å²) in [5.41, 5.74) is 7.54. The van der Waals surface area contributed by atoms with Crippen LogP contribution in [0.2, 0.25) is 0 Å². The monoisotopic (exact) mass is 290 g/mol. The van der Waals surface area contributed by atoms with Gasteiger partial charge in [-0.25, -0.2) is 0 Å². The first-order chi connectivity index (χ1) is 10.1. The molecule has 3 unspecified atom stereocenters. The van der Waals surface area contributed by atoms with Crippen LogP contribution in [0.15, 0.2) is 24.3 Å². The number of nitrogens with two attached hydrogens (primary N) is 1. The molecule has 116 valence electrons. The molecule has 0 bridgehead atoms. The van der Waals surface area contributed by atoms with Crippen molar-refractivity contribution in [3.8, 4) is 5.75 Å². The Morgan fingerprint density at radius 2 is 2.24 bits per heavy atom. The lowest BCUT2D eigenvalue weighted by molar-refractivity contribution is -0.0597. The fourth-order valence-corrected chi connectivity index (χ4v) is 3.34. The van der Waals surface area contributed by atoms with Crippen molar-refractivity contribution in [3.05, 3.63) is 29.8 Å². The maximum absolute atomic E-state index is 6.44. The van der Waals surface area contributed by atoms with Gasteiger partial charge in [0, 0.05) is 12.6 Å². The highest BCUT2D eigenvalue weighted by Gasteiger charge is 2.35. The van der Waals surface area contributed by atoms with Crippen molar-refractivity contribution in [2.45, 2.75) is 51.0 Å². The lowest BCUT2D eigenvalue weighted by Gasteiger charge is -2.37. The summed E-state index contributed by atoms with van der Waals surface area (Å²) in [6.45, 7) is 7.02. The summed E-state index contributed by atoms with van der Waals surface area (Å²) in [6.07, 6.45) is 2.80. The van der Waals surface area contributed by atoms with Gasteiger partial charge in [0.2, 0.25) is 0 Å². The van der Waals surface area contributed by atoms with Gasteiger partial charge >= 0.3 is 0 Å². The number of rotatable bonds is 4. The number of benzene rings is 1. The smallest absolute Gasteiger partial charge is 0.120 e. The van der Waals surface area contributed by atoms with E-state index in [-0.39, 0.29) is 18.2 Å². The van der Waals surface area contributed by atoms with Crippen LogP contribution < -0.4 is 10.5 Å². The Morgan fingerprint density at radius 1 is 1.38 bits per heavy atom. The molecule has 1 aromatic rings. The quantitative estimate of drug-likeness (QED) is 0.924. The van der Waals surface area contributed by atoms with Crippen LogP contribution in [0.1, 0.15) is 38.3 Å². The van der Waals surface area contributed by atoms with E-state index in [1.54, 1.807) is 0 Å². The summed E-state index contributed by atoms with van der Waals surface area (Å²) in [5.74, 6) is 0.882. The van der Waals surface area contributed by atoms with Crippen molar-refractivity contribution >= 4 is 0 Å². The largest absolute Gasteiger partial charge is 0.491 e. The second-order valence-electron chi connectivity index (χ2n) is 6.43. The molecule has 0 radical (unpaired) electrons. The molecule has 2 aliphatic rings. The van der Waals surface area contributed by atoms with E-state index >= 15 is 0 Å². The van der Waals surface area contributed by atoms with E-state index in [2.05, 4.69) is 11.0 Å². The zero-order chi connectivity index (χ0) is 14.8. The van der Waals surface area contributed by atoms with Crippen molar-refractivity contribution < 1.29 is 9.47 Å². The molecule has 0 spiro atoms. The molecule has 1 aromatic carbocycles. The second-order valence-corrected chi connectivity index (χ2v) is 6.43. The fraction of sp³-hybridized carbons (Fsp3) is 0.647. The van der Waals surface area contributed by atoms with Crippen LogP contribution in [-0.4, -0.2) is 42.8 Å². The number of morpholine rings is 1. The van der Waals surface area contributed by atoms with Gasteiger partial charge in [-0.15, -0.1) is 0 Å². The first-order valence-corrected chi connectivity index (χ1v) is 8.01. The van der Waals surface area contributed by atoms with Crippen LogP contribution in [0.4, 0.5) is 0 Å². The number of fused-ring (bicyclic) bond motifs is 1. The SMILES string of the molecule is CC(C)Oc1cccc(C(N)C2CN3CCCC3CO2)c1. The molecule has 3 atom stereocenters. The highest BCUT2D eigenvalue weighted by Crippen LogP contribution is 2.29. The highest BCUT2D eigenvalue weighted by atomic mass is 16.5. The third-order valence-electron chi connectivity index (χ3n) is 4.43. The van der Waals surface area contributed by atoms with Crippen molar-refractivity contribution in [2.24, 2.45) is 5.73 Å². The molecular formula is C17H26N2O2. The Kier molecular flexibility index (Phi) is 4.48. The minimum Gasteiger partial charge on any atom is -0.491 e. The first-order valence-electron chi connectivity index (χ1n) is 8.01. The minimum absolute atomic E-state index is 0.0775. The van der Waals surface area contributed by atoms with Gasteiger partial charge in [0.05, 0.1) is 24.9 Å². The Balaban J connectivity index is 1.68. The molecule has 0 aliphatic carbocycles. The summed E-state index contributed by atoms with van der Waals surface area (Å²) in [7, 11) is 0. The molecule has 2 heterocycles. The van der Waals surface area contributed by atoms with Crippen molar-refractivity contribution in [2.75, 3.05) is 19.7 Å². The summed E-state index contributed by atoms with van der Waals surface area (Å²) in [5, 5.41) is 0. The molecule has 4 heteroatoms. The third-order valence-corrected chi connectivity index (χ3v) is 4.43. The number of hydrogen-bond donors (Lipinski definition) is 1. The van der Waals surface area contributed by atoms with E-state index < -0.39 is 0 Å². The van der Waals surface area contributed by atoms with Gasteiger partial charge in [-0.2, -0.15) is 0 Å². The molecule has 21 heavy (non-hydrogen) atoms. The van der Waals surface area contributed by atoms with Gasteiger partial charge in [-0.1, -0.05) is 12.1 Å². The van der Waals surface area contributed by atoms with Crippen molar-refractivity contribution in [1.82, 2.24) is 4.90 Å². The van der Waals surface area contributed by atoms with Crippen molar-refractivity contribution in [1.29, 1.82) is 0 Å². The summed E-state index contributed by atoms with van der Waals surface area (Å²) in [6, 6.07) is 8.62. The second kappa shape index (κ2) is 6.34. The van der Waals surface area contributed by atoms with Gasteiger partial charge in [-0.3, -0.25) is 4.90 Å². The average Bonchev–Trinajstić information content (AvgIpc) is 2.93. The Bertz CT molecular complexity index is 478. The van der Waals surface area contributed by atoms with E-state index in [1.165, 1.54) is 19.4 Å². The summed E-state index contributed by atoms with van der Waals surface area (Å²) < 4.78 is 11.8. The van der Waals surface area contributed by atoms with Gasteiger partial charge in [0.1, 0.15) is 5.75 Å². The predicted molar refractivity (Wildman–Crippen MR) is 83.5 cm³/mol. The molecule has 0 saturated carbocycles. The van der Waals surface area contributed by atoms with Crippen LogP contribution in [0.3, 0.4) is 0 Å². The van der Waals surface area contributed by atoms with E-state index in [4.69, 9.17) is 15.2 Å². The van der Waals surface area contributed by atoms with E-state index in [9.17, 15) is 0 Å². The van der Waals surface area contributed by atoms with Crippen LogP contribution >= 0.6 is 0 Å². The average molecular weight is 290 g/mol. The highest BCUT2D eigenvalue weighted by molar-refractivity contribution is 5.31. The van der Waals surface area contributed by atoms with Crippen LogP contribution in [0.25, 0.3) is 0 Å². The Morgan fingerprint density at radius 3 is 3.05 bits per heavy atom. The standard InChI is InChI=1S/C17H26N2O2/c1-12(2)21-15-7-3-5-13(9-15)17(18)16-10-19-8-4-6-14(19)11-20-16/h3,5,7,9,12,14,16-17H,4,6,8,10-11,18H2,1-2H3. The molecule has 0 amide bonds. The van der Waals surface area contributed by atoms with Crippen LogP contribution in [-0.2, 0) is 4.74 Å². The molecule has 2 N–H and O–H groups in total. The Labute approximate surface area is 127 Å². The lowest BCUT2D eigenvalue weighted by Crippen LogP contribution is -2.49. The molecule has 2 saturated heterocycles. The third kappa shape index (κ3) is 3.39. The number of hydrogen-bond acceptors (Lipinski definition) is 4. The number of nitrogens with zero attached hydrogens (tertiary/aromatic N) is 1. The number of ether oxygens (including phenoxy) is 2. The van der Waals surface area contributed by atoms with Gasteiger partial charge < -0.3 is 15.2 Å². The fourth-order valence-electron chi connectivity index (χ4n) is 3.34. The van der Waals surface area contributed by atoms with E-state index in [0.717, 1.165) is 24.5 Å². The van der Waals surface area contributed by atoms with Gasteiger partial charge in [0.25, 0.3) is 0 Å². The van der Waals surface area contributed by atoms with Crippen molar-refractivity contribution in [3.63, 3.8) is 0 Å². The molecule has 3 rings (SSSR count). The molecule has 4 nitrogen and oxygen atoms in total. The lowest BCUT2D eigenvalue weighted by atomic mass is 10.00. The molecule has 0 aromatic heterocycles. The topological polar surface area (TPSA) is 47.7 Å². The summed E-state index contributed by atoms with van der Waals surface area (Å²) >= 11 is 0. The molecular weight excluding hydrogens is 264 g/mol. The maximum Gasteiger partial charge on any atom is 0.120 e. The van der Waals surface area contributed by atoms with E-state index in [1.807, 2.05) is 32.0 Å². The van der Waals surface area contributed by atoms with Gasteiger partial charge in [0.15, 0.2) is 0 Å². The summed E-state index contributed by atoms with van der Waals surface area (Å²) in [4.78, 5) is 2.53.